The third-order valence-corrected chi connectivity index (χ3v) is 5.58. The van der Waals surface area contributed by atoms with Gasteiger partial charge in [-0.1, -0.05) is 13.0 Å². The normalized spacial score (nSPS) is 14.5. The molecule has 5 rings (SSSR count). The first kappa shape index (κ1) is 20.3. The second-order valence-corrected chi connectivity index (χ2v) is 7.56. The van der Waals surface area contributed by atoms with Crippen LogP contribution in [0.3, 0.4) is 0 Å². The Morgan fingerprint density at radius 2 is 1.90 bits per heavy atom. The molecule has 0 amide bonds. The maximum atomic E-state index is 10.6. The predicted octanol–water partition coefficient (Wildman–Crippen LogP) is 3.64. The molecule has 0 spiro atoms. The Balaban J connectivity index is 0.00000218. The van der Waals surface area contributed by atoms with Gasteiger partial charge in [0.05, 0.1) is 23.3 Å². The van der Waals surface area contributed by atoms with E-state index >= 15 is 0 Å². The summed E-state index contributed by atoms with van der Waals surface area (Å²) in [6, 6.07) is 11.5. The van der Waals surface area contributed by atoms with Crippen LogP contribution >= 0.6 is 12.4 Å². The van der Waals surface area contributed by atoms with Crippen molar-refractivity contribution >= 4 is 23.3 Å². The number of fused-ring (bicyclic) bond motifs is 1. The van der Waals surface area contributed by atoms with Gasteiger partial charge in [-0.2, -0.15) is 15.3 Å². The van der Waals surface area contributed by atoms with Gasteiger partial charge >= 0.3 is 0 Å². The zero-order valence-corrected chi connectivity index (χ0v) is 17.7. The van der Waals surface area contributed by atoms with E-state index in [0.29, 0.717) is 17.2 Å². The van der Waals surface area contributed by atoms with Crippen molar-refractivity contribution in [1.29, 1.82) is 0 Å². The number of aryl methyl sites for hydroxylation is 1. The van der Waals surface area contributed by atoms with Crippen molar-refractivity contribution in [3.63, 3.8) is 0 Å². The molecule has 30 heavy (non-hydrogen) atoms. The Labute approximate surface area is 180 Å². The number of phenols is 1. The van der Waals surface area contributed by atoms with Crippen molar-refractivity contribution in [2.75, 3.05) is 19.6 Å². The summed E-state index contributed by atoms with van der Waals surface area (Å²) in [5, 5.41) is 24.7. The highest BCUT2D eigenvalue weighted by Crippen LogP contribution is 2.33. The molecule has 0 radical (unpaired) electrons. The predicted molar refractivity (Wildman–Crippen MR) is 119 cm³/mol. The summed E-state index contributed by atoms with van der Waals surface area (Å²) >= 11 is 0. The summed E-state index contributed by atoms with van der Waals surface area (Å²) in [5.74, 6) is 0.624. The molecule has 4 heterocycles. The van der Waals surface area contributed by atoms with Gasteiger partial charge in [-0.3, -0.25) is 9.67 Å². The van der Waals surface area contributed by atoms with Gasteiger partial charge in [0.2, 0.25) is 0 Å². The van der Waals surface area contributed by atoms with Crippen molar-refractivity contribution in [1.82, 2.24) is 29.9 Å². The fourth-order valence-corrected chi connectivity index (χ4v) is 3.84. The van der Waals surface area contributed by atoms with Gasteiger partial charge < -0.3 is 10.0 Å². The number of hydrogen-bond donors (Lipinski definition) is 1. The number of likely N-dealkylation sites (tertiary alicyclic amines) is 1. The lowest BCUT2D eigenvalue weighted by atomic mass is 9.96. The Morgan fingerprint density at radius 3 is 2.60 bits per heavy atom. The second kappa shape index (κ2) is 8.01. The van der Waals surface area contributed by atoms with Gasteiger partial charge in [0, 0.05) is 48.8 Å². The number of halogens is 1. The van der Waals surface area contributed by atoms with Crippen LogP contribution in [0.25, 0.3) is 33.4 Å². The highest BCUT2D eigenvalue weighted by Gasteiger charge is 2.28. The van der Waals surface area contributed by atoms with E-state index in [1.54, 1.807) is 16.9 Å². The Morgan fingerprint density at radius 1 is 1.07 bits per heavy atom. The molecule has 1 N–H and O–H groups in total. The maximum Gasteiger partial charge on any atom is 0.125 e. The molecular weight excluding hydrogens is 400 g/mol. The van der Waals surface area contributed by atoms with Crippen LogP contribution in [0.15, 0.2) is 48.8 Å². The minimum Gasteiger partial charge on any atom is -0.507 e. The molecule has 0 saturated carbocycles. The summed E-state index contributed by atoms with van der Waals surface area (Å²) in [6.07, 6.45) is 3.70. The molecule has 0 bridgehead atoms. The molecule has 4 aromatic rings. The van der Waals surface area contributed by atoms with E-state index in [9.17, 15) is 5.11 Å². The first-order chi connectivity index (χ1) is 14.1. The Hall–Kier alpha value is -3.03. The Kier molecular flexibility index (Phi) is 5.40. The van der Waals surface area contributed by atoms with E-state index in [0.717, 1.165) is 47.5 Å². The number of nitrogens with zero attached hydrogens (tertiary/aromatic N) is 6. The van der Waals surface area contributed by atoms with Crippen LogP contribution < -0.4 is 0 Å². The number of benzene rings is 1. The quantitative estimate of drug-likeness (QED) is 0.540. The molecule has 1 saturated heterocycles. The lowest BCUT2D eigenvalue weighted by molar-refractivity contribution is 0.154. The summed E-state index contributed by atoms with van der Waals surface area (Å²) < 4.78 is 1.77. The Bertz CT molecular complexity index is 1180. The molecule has 0 aliphatic carbocycles. The fraction of sp³-hybridized carbons (Fsp3) is 0.273. The number of aromatic hydroxyl groups is 1. The van der Waals surface area contributed by atoms with Crippen molar-refractivity contribution in [3.05, 3.63) is 54.5 Å². The minimum absolute atomic E-state index is 0. The van der Waals surface area contributed by atoms with Crippen LogP contribution in [0.5, 0.6) is 5.75 Å². The SMILES string of the molecule is CCN1CC(c2ccc(-c3ccc(-c4cc5cn(C)nc5cn4)cc3O)nn2)C1.Cl. The van der Waals surface area contributed by atoms with E-state index in [1.165, 1.54) is 0 Å². The maximum absolute atomic E-state index is 10.6. The average Bonchev–Trinajstić information content (AvgIpc) is 3.07. The lowest BCUT2D eigenvalue weighted by Gasteiger charge is -2.37. The second-order valence-electron chi connectivity index (χ2n) is 7.56. The number of aromatic nitrogens is 5. The molecule has 1 aromatic carbocycles. The van der Waals surface area contributed by atoms with Crippen LogP contribution in [0.1, 0.15) is 18.5 Å². The number of hydrogen-bond acceptors (Lipinski definition) is 6. The van der Waals surface area contributed by atoms with Crippen LogP contribution in [0.4, 0.5) is 0 Å². The third kappa shape index (κ3) is 3.62. The largest absolute Gasteiger partial charge is 0.507 e. The molecule has 154 valence electrons. The van der Waals surface area contributed by atoms with Gasteiger partial charge in [0.25, 0.3) is 0 Å². The highest BCUT2D eigenvalue weighted by molar-refractivity contribution is 5.85. The molecule has 3 aromatic heterocycles. The first-order valence-electron chi connectivity index (χ1n) is 9.80. The van der Waals surface area contributed by atoms with Crippen molar-refractivity contribution < 1.29 is 5.11 Å². The van der Waals surface area contributed by atoms with Gasteiger partial charge in [0.15, 0.2) is 0 Å². The van der Waals surface area contributed by atoms with E-state index in [1.807, 2.05) is 43.6 Å². The highest BCUT2D eigenvalue weighted by atomic mass is 35.5. The zero-order valence-electron chi connectivity index (χ0n) is 16.9. The van der Waals surface area contributed by atoms with Crippen molar-refractivity contribution in [2.24, 2.45) is 7.05 Å². The number of rotatable bonds is 4. The third-order valence-electron chi connectivity index (χ3n) is 5.58. The summed E-state index contributed by atoms with van der Waals surface area (Å²) in [4.78, 5) is 6.85. The summed E-state index contributed by atoms with van der Waals surface area (Å²) in [7, 11) is 1.89. The van der Waals surface area contributed by atoms with Crippen molar-refractivity contribution in [2.45, 2.75) is 12.8 Å². The van der Waals surface area contributed by atoms with E-state index in [4.69, 9.17) is 0 Å². The number of likely N-dealkylation sites (N-methyl/N-ethyl adjacent to an activating group) is 1. The molecule has 0 atom stereocenters. The lowest BCUT2D eigenvalue weighted by Crippen LogP contribution is -2.44. The van der Waals surface area contributed by atoms with Crippen LogP contribution in [-0.4, -0.2) is 54.6 Å². The van der Waals surface area contributed by atoms with Gasteiger partial charge in [-0.15, -0.1) is 12.4 Å². The number of pyridine rings is 1. The number of phenolic OH excluding ortho intramolecular Hbond substituents is 1. The van der Waals surface area contributed by atoms with Crippen molar-refractivity contribution in [3.8, 4) is 28.3 Å². The molecular formula is C22H23ClN6O. The zero-order chi connectivity index (χ0) is 20.0. The van der Waals surface area contributed by atoms with Gasteiger partial charge in [-0.05, 0) is 36.9 Å². The van der Waals surface area contributed by atoms with E-state index in [-0.39, 0.29) is 18.2 Å². The summed E-state index contributed by atoms with van der Waals surface area (Å²) in [6.45, 7) is 5.32. The van der Waals surface area contributed by atoms with Crippen LogP contribution in [0, 0.1) is 0 Å². The molecule has 7 nitrogen and oxygen atoms in total. The topological polar surface area (TPSA) is 80.0 Å². The smallest absolute Gasteiger partial charge is 0.125 e. The van der Waals surface area contributed by atoms with E-state index < -0.39 is 0 Å². The van der Waals surface area contributed by atoms with Crippen LogP contribution in [0.2, 0.25) is 0 Å². The molecule has 8 heteroatoms. The van der Waals surface area contributed by atoms with Gasteiger partial charge in [-0.25, -0.2) is 0 Å². The monoisotopic (exact) mass is 422 g/mol. The van der Waals surface area contributed by atoms with Gasteiger partial charge in [0.1, 0.15) is 11.3 Å². The first-order valence-corrected chi connectivity index (χ1v) is 9.80. The standard InChI is InChI=1S/C22H22N6O.ClH/c1-3-28-12-16(13-28)18-6-7-19(25-24-18)17-5-4-14(9-22(17)29)20-8-15-11-27(2)26-21(15)10-23-20;/h4-11,16,29H,3,12-13H2,1-2H3;1H. The van der Waals surface area contributed by atoms with E-state index in [2.05, 4.69) is 32.1 Å². The minimum atomic E-state index is 0. The fourth-order valence-electron chi connectivity index (χ4n) is 3.84. The van der Waals surface area contributed by atoms with Crippen LogP contribution in [-0.2, 0) is 7.05 Å². The average molecular weight is 423 g/mol. The summed E-state index contributed by atoms with van der Waals surface area (Å²) in [5.41, 5.74) is 4.83. The molecule has 1 aliphatic rings. The molecule has 0 unspecified atom stereocenters. The molecule has 1 aliphatic heterocycles. The molecule has 1 fully saturated rings.